The van der Waals surface area contributed by atoms with E-state index >= 15 is 0 Å². The predicted octanol–water partition coefficient (Wildman–Crippen LogP) is 3.95. The number of anilines is 1. The molecule has 0 saturated heterocycles. The fourth-order valence-electron chi connectivity index (χ4n) is 2.12. The van der Waals surface area contributed by atoms with Crippen molar-refractivity contribution in [3.05, 3.63) is 64.1 Å². The highest BCUT2D eigenvalue weighted by Gasteiger charge is 2.23. The Morgan fingerprint density at radius 1 is 1.14 bits per heavy atom. The van der Waals surface area contributed by atoms with E-state index in [0.29, 0.717) is 11.6 Å². The Labute approximate surface area is 132 Å². The van der Waals surface area contributed by atoms with Crippen molar-refractivity contribution in [2.75, 3.05) is 5.32 Å². The third-order valence-corrected chi connectivity index (χ3v) is 3.92. The number of halogens is 1. The van der Waals surface area contributed by atoms with Crippen molar-refractivity contribution in [1.82, 2.24) is 5.32 Å². The quantitative estimate of drug-likeness (QED) is 0.861. The first-order chi connectivity index (χ1) is 10.2. The monoisotopic (exact) mass is 344 g/mol. The minimum atomic E-state index is 0.0172. The van der Waals surface area contributed by atoms with Crippen molar-refractivity contribution >= 4 is 27.5 Å². The normalized spacial score (nSPS) is 13.8. The smallest absolute Gasteiger partial charge is 0.251 e. The molecule has 1 amide bonds. The lowest BCUT2D eigenvalue weighted by molar-refractivity contribution is 0.0951. The van der Waals surface area contributed by atoms with Crippen molar-refractivity contribution in [3.63, 3.8) is 0 Å². The van der Waals surface area contributed by atoms with E-state index in [2.05, 4.69) is 38.7 Å². The van der Waals surface area contributed by atoms with Crippen LogP contribution in [0.25, 0.3) is 0 Å². The predicted molar refractivity (Wildman–Crippen MR) is 88.4 cm³/mol. The lowest BCUT2D eigenvalue weighted by Gasteiger charge is -2.09. The molecule has 1 fully saturated rings. The van der Waals surface area contributed by atoms with Crippen molar-refractivity contribution in [3.8, 4) is 0 Å². The number of carbonyl (C=O) groups excluding carboxylic acids is 1. The van der Waals surface area contributed by atoms with Gasteiger partial charge in [0, 0.05) is 28.3 Å². The maximum atomic E-state index is 12.0. The number of benzene rings is 2. The van der Waals surface area contributed by atoms with E-state index in [1.54, 1.807) is 0 Å². The Bertz CT molecular complexity index is 653. The number of nitrogens with one attached hydrogen (secondary N) is 2. The second-order valence-corrected chi connectivity index (χ2v) is 6.23. The van der Waals surface area contributed by atoms with Crippen LogP contribution in [0.15, 0.2) is 53.0 Å². The average Bonchev–Trinajstić information content (AvgIpc) is 3.29. The minimum Gasteiger partial charge on any atom is -0.381 e. The molecule has 0 unspecified atom stereocenters. The van der Waals surface area contributed by atoms with E-state index in [4.69, 9.17) is 0 Å². The van der Waals surface area contributed by atoms with Crippen LogP contribution in [0.3, 0.4) is 0 Å². The SMILES string of the molecule is O=C(NC1CC1)c1cccc(NCc2cccc(Br)c2)c1. The van der Waals surface area contributed by atoms with Gasteiger partial charge in [0.05, 0.1) is 0 Å². The van der Waals surface area contributed by atoms with Crippen molar-refractivity contribution < 1.29 is 4.79 Å². The molecule has 4 heteroatoms. The lowest BCUT2D eigenvalue weighted by Crippen LogP contribution is -2.25. The molecule has 1 aliphatic carbocycles. The Hall–Kier alpha value is -1.81. The topological polar surface area (TPSA) is 41.1 Å². The summed E-state index contributed by atoms with van der Waals surface area (Å²) in [6, 6.07) is 16.2. The van der Waals surface area contributed by atoms with Gasteiger partial charge in [0.2, 0.25) is 0 Å². The third-order valence-electron chi connectivity index (χ3n) is 3.42. The molecule has 0 aromatic heterocycles. The van der Waals surface area contributed by atoms with Gasteiger partial charge in [-0.2, -0.15) is 0 Å². The third kappa shape index (κ3) is 4.08. The molecule has 0 atom stereocenters. The minimum absolute atomic E-state index is 0.0172. The van der Waals surface area contributed by atoms with Gasteiger partial charge in [0.1, 0.15) is 0 Å². The fraction of sp³-hybridized carbons (Fsp3) is 0.235. The van der Waals surface area contributed by atoms with Crippen molar-refractivity contribution in [1.29, 1.82) is 0 Å². The number of hydrogen-bond acceptors (Lipinski definition) is 2. The second kappa shape index (κ2) is 6.31. The average molecular weight is 345 g/mol. The molecule has 1 saturated carbocycles. The summed E-state index contributed by atoms with van der Waals surface area (Å²) in [7, 11) is 0. The van der Waals surface area contributed by atoms with Gasteiger partial charge in [-0.1, -0.05) is 34.1 Å². The summed E-state index contributed by atoms with van der Waals surface area (Å²) >= 11 is 3.47. The molecule has 1 aliphatic rings. The molecule has 0 bridgehead atoms. The number of hydrogen-bond donors (Lipinski definition) is 2. The molecule has 2 N–H and O–H groups in total. The van der Waals surface area contributed by atoms with E-state index in [-0.39, 0.29) is 5.91 Å². The molecule has 0 spiro atoms. The first kappa shape index (κ1) is 14.1. The number of rotatable bonds is 5. The molecule has 3 rings (SSSR count). The van der Waals surface area contributed by atoms with Gasteiger partial charge in [0.15, 0.2) is 0 Å². The number of carbonyl (C=O) groups is 1. The summed E-state index contributed by atoms with van der Waals surface area (Å²) in [5, 5.41) is 6.36. The van der Waals surface area contributed by atoms with E-state index < -0.39 is 0 Å². The fourth-order valence-corrected chi connectivity index (χ4v) is 2.56. The van der Waals surface area contributed by atoms with Crippen LogP contribution in [-0.2, 0) is 6.54 Å². The van der Waals surface area contributed by atoms with Crippen LogP contribution in [-0.4, -0.2) is 11.9 Å². The summed E-state index contributed by atoms with van der Waals surface area (Å²) in [6.07, 6.45) is 2.21. The zero-order valence-corrected chi connectivity index (χ0v) is 13.2. The molecule has 0 radical (unpaired) electrons. The van der Waals surface area contributed by atoms with E-state index in [0.717, 1.165) is 29.5 Å². The van der Waals surface area contributed by atoms with Crippen LogP contribution in [0.1, 0.15) is 28.8 Å². The highest BCUT2D eigenvalue weighted by Crippen LogP contribution is 2.20. The molecular weight excluding hydrogens is 328 g/mol. The van der Waals surface area contributed by atoms with E-state index in [9.17, 15) is 4.79 Å². The molecule has 2 aromatic rings. The zero-order valence-electron chi connectivity index (χ0n) is 11.6. The van der Waals surface area contributed by atoms with Crippen LogP contribution < -0.4 is 10.6 Å². The molecule has 0 heterocycles. The Morgan fingerprint density at radius 3 is 2.71 bits per heavy atom. The van der Waals surface area contributed by atoms with Gasteiger partial charge in [0.25, 0.3) is 5.91 Å². The van der Waals surface area contributed by atoms with E-state index in [1.165, 1.54) is 5.56 Å². The second-order valence-electron chi connectivity index (χ2n) is 5.31. The summed E-state index contributed by atoms with van der Waals surface area (Å²) in [6.45, 7) is 0.729. The largest absolute Gasteiger partial charge is 0.381 e. The van der Waals surface area contributed by atoms with Crippen LogP contribution in [0.4, 0.5) is 5.69 Å². The molecule has 0 aliphatic heterocycles. The molecule has 21 heavy (non-hydrogen) atoms. The number of amides is 1. The first-order valence-corrected chi connectivity index (χ1v) is 7.89. The van der Waals surface area contributed by atoms with Crippen molar-refractivity contribution in [2.45, 2.75) is 25.4 Å². The first-order valence-electron chi connectivity index (χ1n) is 7.10. The molecule has 108 valence electrons. The van der Waals surface area contributed by atoms with Gasteiger partial charge in [-0.15, -0.1) is 0 Å². The van der Waals surface area contributed by atoms with Gasteiger partial charge >= 0.3 is 0 Å². The van der Waals surface area contributed by atoms with Gasteiger partial charge < -0.3 is 10.6 Å². The lowest BCUT2D eigenvalue weighted by atomic mass is 10.1. The maximum absolute atomic E-state index is 12.0. The molecule has 3 nitrogen and oxygen atoms in total. The Balaban J connectivity index is 1.63. The maximum Gasteiger partial charge on any atom is 0.251 e. The van der Waals surface area contributed by atoms with Gasteiger partial charge in [-0.05, 0) is 48.7 Å². The Kier molecular flexibility index (Phi) is 4.25. The standard InChI is InChI=1S/C17H17BrN2O/c18-14-5-1-3-12(9-14)11-19-16-6-2-4-13(10-16)17(21)20-15-7-8-15/h1-6,9-10,15,19H,7-8,11H2,(H,20,21). The Morgan fingerprint density at radius 2 is 1.95 bits per heavy atom. The molecule has 2 aromatic carbocycles. The van der Waals surface area contributed by atoms with Crippen LogP contribution in [0.5, 0.6) is 0 Å². The summed E-state index contributed by atoms with van der Waals surface area (Å²) in [5.41, 5.74) is 2.86. The van der Waals surface area contributed by atoms with E-state index in [1.807, 2.05) is 36.4 Å². The van der Waals surface area contributed by atoms with Gasteiger partial charge in [-0.3, -0.25) is 4.79 Å². The van der Waals surface area contributed by atoms with Crippen molar-refractivity contribution in [2.24, 2.45) is 0 Å². The molecular formula is C17H17BrN2O. The summed E-state index contributed by atoms with van der Waals surface area (Å²) in [5.74, 6) is 0.0172. The van der Waals surface area contributed by atoms with Crippen LogP contribution in [0, 0.1) is 0 Å². The van der Waals surface area contributed by atoms with Gasteiger partial charge in [-0.25, -0.2) is 0 Å². The summed E-state index contributed by atoms with van der Waals surface area (Å²) in [4.78, 5) is 12.0. The highest BCUT2D eigenvalue weighted by atomic mass is 79.9. The zero-order chi connectivity index (χ0) is 14.7. The highest BCUT2D eigenvalue weighted by molar-refractivity contribution is 9.10. The summed E-state index contributed by atoms with van der Waals surface area (Å²) < 4.78 is 1.07. The van der Waals surface area contributed by atoms with Crippen LogP contribution in [0.2, 0.25) is 0 Å². The van der Waals surface area contributed by atoms with Crippen LogP contribution >= 0.6 is 15.9 Å².